The fourth-order valence-corrected chi connectivity index (χ4v) is 3.01. The van der Waals surface area contributed by atoms with Crippen LogP contribution in [-0.2, 0) is 4.79 Å². The Kier molecular flexibility index (Phi) is 2.60. The minimum Gasteiger partial charge on any atom is -0.481 e. The van der Waals surface area contributed by atoms with Crippen LogP contribution in [0.4, 0.5) is 0 Å². The van der Waals surface area contributed by atoms with E-state index in [1.807, 2.05) is 0 Å². The largest absolute Gasteiger partial charge is 0.481 e. The van der Waals surface area contributed by atoms with Crippen LogP contribution in [0.25, 0.3) is 0 Å². The summed E-state index contributed by atoms with van der Waals surface area (Å²) in [6.07, 6.45) is 0.217. The van der Waals surface area contributed by atoms with Gasteiger partial charge in [0, 0.05) is 0 Å². The van der Waals surface area contributed by atoms with Crippen LogP contribution in [-0.4, -0.2) is 39.2 Å². The number of halogens is 1. The summed E-state index contributed by atoms with van der Waals surface area (Å²) in [5.74, 6) is -2.47. The minimum atomic E-state index is -0.993. The van der Waals surface area contributed by atoms with Crippen LogP contribution in [0.2, 0.25) is 0 Å². The number of nitrogens with zero attached hydrogens (tertiary/aromatic N) is 1. The third-order valence-corrected chi connectivity index (χ3v) is 4.32. The molecule has 0 bridgehead atoms. The van der Waals surface area contributed by atoms with Crippen molar-refractivity contribution in [2.75, 3.05) is 0 Å². The van der Waals surface area contributed by atoms with Crippen LogP contribution < -0.4 is 0 Å². The number of carbonyl (C=O) groups excluding carboxylic acids is 2. The van der Waals surface area contributed by atoms with Gasteiger partial charge in [-0.3, -0.25) is 19.3 Å². The second-order valence-electron chi connectivity index (χ2n) is 4.72. The average molecular weight is 280 g/mol. The van der Waals surface area contributed by atoms with Crippen molar-refractivity contribution >= 4 is 29.4 Å². The highest BCUT2D eigenvalue weighted by Gasteiger charge is 2.52. The van der Waals surface area contributed by atoms with Crippen LogP contribution in [0.3, 0.4) is 0 Å². The van der Waals surface area contributed by atoms with Crippen LogP contribution in [0.1, 0.15) is 27.1 Å². The number of amides is 2. The molecule has 0 radical (unpaired) electrons. The van der Waals surface area contributed by atoms with Gasteiger partial charge in [0.1, 0.15) is 0 Å². The number of carboxylic acids is 1. The van der Waals surface area contributed by atoms with Crippen molar-refractivity contribution in [3.05, 3.63) is 35.4 Å². The lowest BCUT2D eigenvalue weighted by Crippen LogP contribution is -2.57. The first-order valence-corrected chi connectivity index (χ1v) is 6.30. The summed E-state index contributed by atoms with van der Waals surface area (Å²) < 4.78 is 0. The number of rotatable bonds is 2. The lowest BCUT2D eigenvalue weighted by molar-refractivity contribution is -0.145. The molecule has 98 valence electrons. The minimum absolute atomic E-state index is 0.217. The maximum atomic E-state index is 12.2. The van der Waals surface area contributed by atoms with Crippen molar-refractivity contribution < 1.29 is 19.5 Å². The molecule has 2 amide bonds. The molecule has 1 aromatic rings. The van der Waals surface area contributed by atoms with Gasteiger partial charge in [-0.15, -0.1) is 11.6 Å². The first-order valence-electron chi connectivity index (χ1n) is 5.86. The number of hydrogen-bond donors (Lipinski definition) is 1. The van der Waals surface area contributed by atoms with E-state index in [-0.39, 0.29) is 18.2 Å². The molecule has 5 nitrogen and oxygen atoms in total. The van der Waals surface area contributed by atoms with Crippen LogP contribution in [0.15, 0.2) is 24.3 Å². The maximum Gasteiger partial charge on any atom is 0.308 e. The molecule has 6 heteroatoms. The second-order valence-corrected chi connectivity index (χ2v) is 5.22. The van der Waals surface area contributed by atoms with E-state index in [0.717, 1.165) is 4.90 Å². The van der Waals surface area contributed by atoms with E-state index in [4.69, 9.17) is 16.7 Å². The van der Waals surface area contributed by atoms with Gasteiger partial charge in [0.25, 0.3) is 11.8 Å². The number of aliphatic carboxylic acids is 1. The third-order valence-electron chi connectivity index (χ3n) is 3.72. The lowest BCUT2D eigenvalue weighted by Gasteiger charge is -2.42. The van der Waals surface area contributed by atoms with Gasteiger partial charge < -0.3 is 5.11 Å². The summed E-state index contributed by atoms with van der Waals surface area (Å²) in [5, 5.41) is 8.17. The molecule has 0 spiro atoms. The van der Waals surface area contributed by atoms with Gasteiger partial charge in [-0.25, -0.2) is 0 Å². The zero-order valence-electron chi connectivity index (χ0n) is 9.75. The van der Waals surface area contributed by atoms with E-state index < -0.39 is 23.3 Å². The Labute approximate surface area is 113 Å². The monoisotopic (exact) mass is 279 g/mol. The van der Waals surface area contributed by atoms with Crippen molar-refractivity contribution in [2.45, 2.75) is 17.8 Å². The third kappa shape index (κ3) is 1.58. The van der Waals surface area contributed by atoms with Crippen molar-refractivity contribution in [1.82, 2.24) is 4.90 Å². The Morgan fingerprint density at radius 3 is 2.16 bits per heavy atom. The number of carboxylic acid groups (broad SMARTS) is 1. The van der Waals surface area contributed by atoms with Crippen molar-refractivity contribution in [2.24, 2.45) is 5.92 Å². The van der Waals surface area contributed by atoms with E-state index >= 15 is 0 Å². The molecule has 3 rings (SSSR count). The number of benzene rings is 1. The van der Waals surface area contributed by atoms with E-state index in [1.54, 1.807) is 24.3 Å². The molecule has 0 aromatic heterocycles. The lowest BCUT2D eigenvalue weighted by atomic mass is 9.78. The number of imide groups is 1. The van der Waals surface area contributed by atoms with Crippen LogP contribution >= 0.6 is 11.6 Å². The summed E-state index contributed by atoms with van der Waals surface area (Å²) >= 11 is 6.00. The molecule has 1 aliphatic heterocycles. The fourth-order valence-electron chi connectivity index (χ4n) is 2.59. The van der Waals surface area contributed by atoms with Crippen LogP contribution in [0.5, 0.6) is 0 Å². The van der Waals surface area contributed by atoms with E-state index in [1.165, 1.54) is 0 Å². The molecule has 2 aliphatic rings. The quantitative estimate of drug-likeness (QED) is 0.655. The van der Waals surface area contributed by atoms with E-state index in [0.29, 0.717) is 11.1 Å². The molecular weight excluding hydrogens is 270 g/mol. The second kappa shape index (κ2) is 4.06. The molecule has 1 fully saturated rings. The molecule has 3 atom stereocenters. The predicted octanol–water partition coefficient (Wildman–Crippen LogP) is 1.36. The molecule has 1 aromatic carbocycles. The summed E-state index contributed by atoms with van der Waals surface area (Å²) in [6.45, 7) is 0. The molecular formula is C13H10ClNO4. The molecule has 1 heterocycles. The summed E-state index contributed by atoms with van der Waals surface area (Å²) in [4.78, 5) is 36.3. The Morgan fingerprint density at radius 2 is 1.74 bits per heavy atom. The van der Waals surface area contributed by atoms with Crippen LogP contribution in [0, 0.1) is 5.92 Å². The number of carbonyl (C=O) groups is 3. The zero-order chi connectivity index (χ0) is 13.7. The van der Waals surface area contributed by atoms with Gasteiger partial charge in [0.15, 0.2) is 0 Å². The van der Waals surface area contributed by atoms with Crippen molar-refractivity contribution in [3.63, 3.8) is 0 Å². The predicted molar refractivity (Wildman–Crippen MR) is 66.1 cm³/mol. The Balaban J connectivity index is 1.88. The SMILES string of the molecule is O=C(O)C1CC(N2C(=O)c3ccccc3C2=O)C1Cl. The molecule has 0 saturated heterocycles. The molecule has 1 N–H and O–H groups in total. The van der Waals surface area contributed by atoms with Gasteiger partial charge in [-0.2, -0.15) is 0 Å². The van der Waals surface area contributed by atoms with E-state index in [9.17, 15) is 14.4 Å². The Hall–Kier alpha value is -1.88. The molecule has 1 saturated carbocycles. The Morgan fingerprint density at radius 1 is 1.21 bits per heavy atom. The smallest absolute Gasteiger partial charge is 0.308 e. The van der Waals surface area contributed by atoms with Gasteiger partial charge >= 0.3 is 5.97 Å². The van der Waals surface area contributed by atoms with Gasteiger partial charge in [0.2, 0.25) is 0 Å². The number of alkyl halides is 1. The zero-order valence-corrected chi connectivity index (χ0v) is 10.5. The first kappa shape index (κ1) is 12.2. The summed E-state index contributed by atoms with van der Waals surface area (Å²) in [6, 6.07) is 6.02. The van der Waals surface area contributed by atoms with Crippen molar-refractivity contribution in [1.29, 1.82) is 0 Å². The van der Waals surface area contributed by atoms with Gasteiger partial charge in [-0.05, 0) is 18.6 Å². The number of fused-ring (bicyclic) bond motifs is 1. The topological polar surface area (TPSA) is 74.7 Å². The fraction of sp³-hybridized carbons (Fsp3) is 0.308. The molecule has 19 heavy (non-hydrogen) atoms. The first-order chi connectivity index (χ1) is 9.02. The highest BCUT2D eigenvalue weighted by atomic mass is 35.5. The number of hydrogen-bond acceptors (Lipinski definition) is 3. The summed E-state index contributed by atoms with van der Waals surface area (Å²) in [7, 11) is 0. The standard InChI is InChI=1S/C13H10ClNO4/c14-10-8(13(18)19)5-9(10)15-11(16)6-3-1-2-4-7(6)12(15)17/h1-4,8-10H,5H2,(H,18,19). The summed E-state index contributed by atoms with van der Waals surface area (Å²) in [5.41, 5.74) is 0.713. The van der Waals surface area contributed by atoms with Crippen molar-refractivity contribution in [3.8, 4) is 0 Å². The highest BCUT2D eigenvalue weighted by molar-refractivity contribution is 6.26. The molecule has 1 aliphatic carbocycles. The Bertz CT molecular complexity index is 565. The highest BCUT2D eigenvalue weighted by Crippen LogP contribution is 2.40. The average Bonchev–Trinajstić information content (AvgIpc) is 2.62. The van der Waals surface area contributed by atoms with E-state index in [2.05, 4.69) is 0 Å². The van der Waals surface area contributed by atoms with Gasteiger partial charge in [-0.1, -0.05) is 12.1 Å². The normalized spacial score (nSPS) is 29.1. The molecule has 3 unspecified atom stereocenters. The maximum absolute atomic E-state index is 12.2. The van der Waals surface area contributed by atoms with Gasteiger partial charge in [0.05, 0.1) is 28.5 Å².